The number of hydrogen-bond acceptors (Lipinski definition) is 9. The Bertz CT molecular complexity index is 1340. The third kappa shape index (κ3) is 4.82. The monoisotopic (exact) mass is 525 g/mol. The zero-order chi connectivity index (χ0) is 27.8. The number of furan rings is 1. The Balaban J connectivity index is 1.65. The minimum atomic E-state index is -0.567. The summed E-state index contributed by atoms with van der Waals surface area (Å²) in [5.41, 5.74) is 3.38. The molecular formula is C28H35N3O7. The van der Waals surface area contributed by atoms with E-state index < -0.39 is 5.91 Å². The number of nitrogens with zero attached hydrogens (tertiary/aromatic N) is 2. The van der Waals surface area contributed by atoms with Gasteiger partial charge in [-0.3, -0.25) is 4.79 Å². The number of ether oxygens (including phenoxy) is 5. The van der Waals surface area contributed by atoms with Gasteiger partial charge in [0.15, 0.2) is 22.9 Å². The summed E-state index contributed by atoms with van der Waals surface area (Å²) in [6, 6.07) is 5.31. The van der Waals surface area contributed by atoms with Crippen LogP contribution in [0.15, 0.2) is 22.6 Å². The van der Waals surface area contributed by atoms with Crippen LogP contribution in [-0.4, -0.2) is 44.3 Å². The maximum atomic E-state index is 13.0. The van der Waals surface area contributed by atoms with E-state index in [1.807, 2.05) is 6.92 Å². The Kier molecular flexibility index (Phi) is 7.18. The van der Waals surface area contributed by atoms with E-state index in [9.17, 15) is 4.79 Å². The molecule has 1 aromatic carbocycles. The number of hydrogen-bond donors (Lipinski definition) is 1. The summed E-state index contributed by atoms with van der Waals surface area (Å²) in [4.78, 5) is 21.2. The van der Waals surface area contributed by atoms with E-state index in [4.69, 9.17) is 28.1 Å². The molecule has 1 aliphatic rings. The molecule has 1 amide bonds. The zero-order valence-electron chi connectivity index (χ0n) is 23.4. The van der Waals surface area contributed by atoms with Crippen LogP contribution in [0.1, 0.15) is 67.8 Å². The molecule has 1 aliphatic carbocycles. The molecule has 204 valence electrons. The topological polar surface area (TPSA) is 114 Å². The molecule has 38 heavy (non-hydrogen) atoms. The highest BCUT2D eigenvalue weighted by Gasteiger charge is 2.41. The molecule has 1 N–H and O–H groups in total. The first-order chi connectivity index (χ1) is 17.9. The van der Waals surface area contributed by atoms with E-state index in [1.54, 1.807) is 13.2 Å². The van der Waals surface area contributed by atoms with Crippen LogP contribution in [0, 0.1) is 6.92 Å². The molecule has 4 rings (SSSR count). The molecule has 0 radical (unpaired) electrons. The minimum absolute atomic E-state index is 0.0102. The van der Waals surface area contributed by atoms with Gasteiger partial charge in [0.2, 0.25) is 11.8 Å². The third-order valence-electron chi connectivity index (χ3n) is 7.04. The fraction of sp³-hybridized carbons (Fsp3) is 0.464. The number of anilines is 1. The van der Waals surface area contributed by atoms with Gasteiger partial charge in [0.05, 0.1) is 28.4 Å². The first-order valence-corrected chi connectivity index (χ1v) is 12.3. The summed E-state index contributed by atoms with van der Waals surface area (Å²) in [6.45, 7) is 11.0. The Morgan fingerprint density at radius 1 is 0.895 bits per heavy atom. The van der Waals surface area contributed by atoms with Crippen LogP contribution in [0.25, 0.3) is 0 Å². The fourth-order valence-corrected chi connectivity index (χ4v) is 4.85. The predicted octanol–water partition coefficient (Wildman–Crippen LogP) is 5.81. The van der Waals surface area contributed by atoms with Gasteiger partial charge in [-0.25, -0.2) is 0 Å². The lowest BCUT2D eigenvalue weighted by Crippen LogP contribution is -2.34. The minimum Gasteiger partial charge on any atom is -0.493 e. The van der Waals surface area contributed by atoms with Crippen LogP contribution in [0.5, 0.6) is 35.2 Å². The average Bonchev–Trinajstić information content (AvgIpc) is 3.36. The van der Waals surface area contributed by atoms with E-state index in [0.717, 1.165) is 24.0 Å². The Morgan fingerprint density at radius 2 is 1.53 bits per heavy atom. The number of amides is 1. The molecule has 0 unspecified atom stereocenters. The Hall–Kier alpha value is -3.95. The van der Waals surface area contributed by atoms with Crippen LogP contribution in [0.2, 0.25) is 0 Å². The second-order valence-electron chi connectivity index (χ2n) is 10.5. The molecule has 0 fully saturated rings. The second kappa shape index (κ2) is 10.1. The number of aromatic nitrogens is 2. The largest absolute Gasteiger partial charge is 0.493 e. The molecule has 2 aromatic heterocycles. The number of rotatable bonds is 8. The number of carbonyl (C=O) groups is 1. The lowest BCUT2D eigenvalue weighted by Gasteiger charge is -2.43. The standard InChI is InChI=1S/C28H35N3O7/c1-15-14-16-19(28(4,5)13-12-27(16,2)3)22(33-6)21(15)38-18-11-10-17(37-18)23(32)29-20-24(34-7)30-26(36-9)31-25(20)35-8/h10-11,14H,12-13H2,1-9H3,(H,29,32). The number of fused-ring (bicyclic) bond motifs is 1. The second-order valence-corrected chi connectivity index (χ2v) is 10.5. The van der Waals surface area contributed by atoms with E-state index in [0.29, 0.717) is 11.5 Å². The molecule has 2 heterocycles. The zero-order valence-corrected chi connectivity index (χ0v) is 23.4. The van der Waals surface area contributed by atoms with Gasteiger partial charge >= 0.3 is 6.01 Å². The first-order valence-electron chi connectivity index (χ1n) is 12.3. The Morgan fingerprint density at radius 3 is 2.11 bits per heavy atom. The van der Waals surface area contributed by atoms with E-state index >= 15 is 0 Å². The van der Waals surface area contributed by atoms with Crippen molar-refractivity contribution in [2.75, 3.05) is 33.8 Å². The highest BCUT2D eigenvalue weighted by Crippen LogP contribution is 2.53. The van der Waals surface area contributed by atoms with Crippen LogP contribution < -0.4 is 29.0 Å². The van der Waals surface area contributed by atoms with Crippen molar-refractivity contribution in [1.82, 2.24) is 9.97 Å². The fourth-order valence-electron chi connectivity index (χ4n) is 4.85. The molecule has 0 aliphatic heterocycles. The van der Waals surface area contributed by atoms with E-state index in [2.05, 4.69) is 49.0 Å². The quantitative estimate of drug-likeness (QED) is 0.389. The van der Waals surface area contributed by atoms with Gasteiger partial charge in [-0.1, -0.05) is 33.8 Å². The Labute approximate surface area is 222 Å². The summed E-state index contributed by atoms with van der Waals surface area (Å²) in [6.07, 6.45) is 2.11. The van der Waals surface area contributed by atoms with Gasteiger partial charge in [-0.2, -0.15) is 9.97 Å². The first kappa shape index (κ1) is 27.1. The van der Waals surface area contributed by atoms with Gasteiger partial charge in [0.25, 0.3) is 11.9 Å². The van der Waals surface area contributed by atoms with Crippen molar-refractivity contribution in [2.45, 2.75) is 58.3 Å². The highest BCUT2D eigenvalue weighted by atomic mass is 16.6. The third-order valence-corrected chi connectivity index (χ3v) is 7.04. The lowest BCUT2D eigenvalue weighted by molar-refractivity contribution is 0.0990. The highest BCUT2D eigenvalue weighted by molar-refractivity contribution is 6.03. The smallest absolute Gasteiger partial charge is 0.322 e. The summed E-state index contributed by atoms with van der Waals surface area (Å²) in [5.74, 6) is 0.984. The molecular weight excluding hydrogens is 490 g/mol. The normalized spacial score (nSPS) is 15.3. The van der Waals surface area contributed by atoms with Crippen molar-refractivity contribution >= 4 is 11.6 Å². The SMILES string of the molecule is COc1nc(OC)c(NC(=O)c2ccc(Oc3c(C)cc4c(c3OC)C(C)(C)CCC4(C)C)o2)c(OC)n1. The van der Waals surface area contributed by atoms with Crippen molar-refractivity contribution < 1.29 is 32.9 Å². The molecule has 0 bridgehead atoms. The van der Waals surface area contributed by atoms with Gasteiger partial charge in [-0.15, -0.1) is 0 Å². The summed E-state index contributed by atoms with van der Waals surface area (Å²) < 4.78 is 33.5. The number of carbonyl (C=O) groups excluding carboxylic acids is 1. The molecule has 0 saturated carbocycles. The summed E-state index contributed by atoms with van der Waals surface area (Å²) in [5, 5.41) is 2.68. The van der Waals surface area contributed by atoms with Crippen LogP contribution in [0.3, 0.4) is 0 Å². The van der Waals surface area contributed by atoms with E-state index in [-0.39, 0.29) is 46.0 Å². The van der Waals surface area contributed by atoms with Gasteiger partial charge < -0.3 is 33.4 Å². The molecule has 10 nitrogen and oxygen atoms in total. The van der Waals surface area contributed by atoms with Gasteiger partial charge in [0, 0.05) is 11.6 Å². The van der Waals surface area contributed by atoms with Crippen molar-refractivity contribution in [3.05, 3.63) is 40.6 Å². The van der Waals surface area contributed by atoms with Crippen molar-refractivity contribution in [3.63, 3.8) is 0 Å². The van der Waals surface area contributed by atoms with Crippen molar-refractivity contribution in [2.24, 2.45) is 0 Å². The van der Waals surface area contributed by atoms with Crippen LogP contribution in [0.4, 0.5) is 5.69 Å². The number of nitrogens with one attached hydrogen (secondary N) is 1. The number of aryl methyl sites for hydroxylation is 1. The van der Waals surface area contributed by atoms with Crippen LogP contribution in [-0.2, 0) is 10.8 Å². The molecule has 10 heteroatoms. The molecule has 0 spiro atoms. The maximum absolute atomic E-state index is 13.0. The molecule has 3 aromatic rings. The lowest BCUT2D eigenvalue weighted by atomic mass is 9.62. The maximum Gasteiger partial charge on any atom is 0.322 e. The molecule has 0 atom stereocenters. The molecule has 0 saturated heterocycles. The summed E-state index contributed by atoms with van der Waals surface area (Å²) in [7, 11) is 5.88. The average molecular weight is 526 g/mol. The van der Waals surface area contributed by atoms with Crippen molar-refractivity contribution in [1.29, 1.82) is 0 Å². The van der Waals surface area contributed by atoms with Crippen LogP contribution >= 0.6 is 0 Å². The number of methoxy groups -OCH3 is 4. The summed E-state index contributed by atoms with van der Waals surface area (Å²) >= 11 is 0. The van der Waals surface area contributed by atoms with Crippen molar-refractivity contribution in [3.8, 4) is 35.2 Å². The number of benzene rings is 1. The predicted molar refractivity (Wildman–Crippen MR) is 141 cm³/mol. The van der Waals surface area contributed by atoms with Gasteiger partial charge in [-0.05, 0) is 47.8 Å². The van der Waals surface area contributed by atoms with Gasteiger partial charge in [0.1, 0.15) is 0 Å². The van der Waals surface area contributed by atoms with E-state index in [1.165, 1.54) is 33.0 Å².